The van der Waals surface area contributed by atoms with Gasteiger partial charge in [0.05, 0.1) is 24.0 Å². The van der Waals surface area contributed by atoms with Gasteiger partial charge in [-0.1, -0.05) is 23.4 Å². The third-order valence-corrected chi connectivity index (χ3v) is 2.60. The summed E-state index contributed by atoms with van der Waals surface area (Å²) in [6, 6.07) is 5.47. The molecule has 7 heteroatoms. The van der Waals surface area contributed by atoms with E-state index in [-0.39, 0.29) is 12.1 Å². The fraction of sp³-hybridized carbons (Fsp3) is 0.333. The summed E-state index contributed by atoms with van der Waals surface area (Å²) in [7, 11) is 1.76. The van der Waals surface area contributed by atoms with Crippen LogP contribution in [0.2, 0.25) is 0 Å². The fourth-order valence-corrected chi connectivity index (χ4v) is 1.79. The molecule has 2 aromatic rings. The van der Waals surface area contributed by atoms with Crippen LogP contribution < -0.4 is 5.32 Å². The third-order valence-electron chi connectivity index (χ3n) is 2.60. The summed E-state index contributed by atoms with van der Waals surface area (Å²) in [6.45, 7) is 0.577. The van der Waals surface area contributed by atoms with Crippen molar-refractivity contribution < 1.29 is 13.2 Å². The van der Waals surface area contributed by atoms with Crippen LogP contribution in [0.3, 0.4) is 0 Å². The Morgan fingerprint density at radius 1 is 1.26 bits per heavy atom. The number of nitrogens with zero attached hydrogens (tertiary/aromatic N) is 3. The summed E-state index contributed by atoms with van der Waals surface area (Å²) in [4.78, 5) is 0. The molecular formula is C12H13F3N4. The Morgan fingerprint density at radius 3 is 2.68 bits per heavy atom. The first kappa shape index (κ1) is 13.5. The van der Waals surface area contributed by atoms with E-state index < -0.39 is 11.7 Å². The Kier molecular flexibility index (Phi) is 3.84. The Hall–Kier alpha value is -1.89. The molecule has 0 aliphatic heterocycles. The summed E-state index contributed by atoms with van der Waals surface area (Å²) in [5, 5.41) is 10.6. The SMILES string of the molecule is CNCc1cn(Cc2ccccc2C(F)(F)F)nn1. The van der Waals surface area contributed by atoms with E-state index in [1.807, 2.05) is 0 Å². The van der Waals surface area contributed by atoms with Gasteiger partial charge in [-0.15, -0.1) is 5.10 Å². The zero-order valence-electron chi connectivity index (χ0n) is 10.3. The van der Waals surface area contributed by atoms with Gasteiger partial charge in [0.1, 0.15) is 0 Å². The molecule has 0 aliphatic carbocycles. The molecule has 0 saturated heterocycles. The second-order valence-electron chi connectivity index (χ2n) is 4.09. The Labute approximate surface area is 108 Å². The van der Waals surface area contributed by atoms with Gasteiger partial charge in [0.15, 0.2) is 0 Å². The van der Waals surface area contributed by atoms with Gasteiger partial charge >= 0.3 is 6.18 Å². The Balaban J connectivity index is 2.23. The predicted octanol–water partition coefficient (Wildman–Crippen LogP) is 2.06. The summed E-state index contributed by atoms with van der Waals surface area (Å²) in [6.07, 6.45) is -2.73. The van der Waals surface area contributed by atoms with Crippen LogP contribution in [0.1, 0.15) is 16.8 Å². The van der Waals surface area contributed by atoms with Crippen LogP contribution in [0.4, 0.5) is 13.2 Å². The molecule has 19 heavy (non-hydrogen) atoms. The molecule has 0 aliphatic rings. The summed E-state index contributed by atoms with van der Waals surface area (Å²) in [5.74, 6) is 0. The molecule has 2 rings (SSSR count). The van der Waals surface area contributed by atoms with E-state index in [0.29, 0.717) is 12.2 Å². The van der Waals surface area contributed by atoms with Crippen molar-refractivity contribution in [1.29, 1.82) is 0 Å². The van der Waals surface area contributed by atoms with Crippen molar-refractivity contribution in [2.24, 2.45) is 0 Å². The van der Waals surface area contributed by atoms with Gasteiger partial charge < -0.3 is 5.32 Å². The molecule has 102 valence electrons. The van der Waals surface area contributed by atoms with Crippen molar-refractivity contribution in [2.75, 3.05) is 7.05 Å². The van der Waals surface area contributed by atoms with Crippen LogP contribution in [-0.2, 0) is 19.3 Å². The maximum Gasteiger partial charge on any atom is 0.416 e. The van der Waals surface area contributed by atoms with Gasteiger partial charge in [-0.2, -0.15) is 13.2 Å². The molecule has 0 fully saturated rings. The Morgan fingerprint density at radius 2 is 2.00 bits per heavy atom. The lowest BCUT2D eigenvalue weighted by molar-refractivity contribution is -0.138. The topological polar surface area (TPSA) is 42.7 Å². The number of alkyl halides is 3. The van der Waals surface area contributed by atoms with E-state index in [2.05, 4.69) is 15.6 Å². The van der Waals surface area contributed by atoms with Crippen molar-refractivity contribution >= 4 is 0 Å². The van der Waals surface area contributed by atoms with Crippen molar-refractivity contribution in [3.63, 3.8) is 0 Å². The highest BCUT2D eigenvalue weighted by Gasteiger charge is 2.32. The smallest absolute Gasteiger partial charge is 0.314 e. The maximum absolute atomic E-state index is 12.8. The highest BCUT2D eigenvalue weighted by molar-refractivity contribution is 5.29. The monoisotopic (exact) mass is 270 g/mol. The van der Waals surface area contributed by atoms with Crippen LogP contribution in [0.5, 0.6) is 0 Å². The number of aromatic nitrogens is 3. The molecule has 0 radical (unpaired) electrons. The van der Waals surface area contributed by atoms with Gasteiger partial charge in [0.25, 0.3) is 0 Å². The highest BCUT2D eigenvalue weighted by Crippen LogP contribution is 2.32. The number of nitrogens with one attached hydrogen (secondary N) is 1. The molecule has 0 saturated carbocycles. The second-order valence-corrected chi connectivity index (χ2v) is 4.09. The number of halogens is 3. The molecule has 4 nitrogen and oxygen atoms in total. The number of hydrogen-bond acceptors (Lipinski definition) is 3. The minimum Gasteiger partial charge on any atom is -0.314 e. The minimum absolute atomic E-state index is 0.0480. The zero-order chi connectivity index (χ0) is 13.9. The molecule has 0 atom stereocenters. The van der Waals surface area contributed by atoms with E-state index >= 15 is 0 Å². The third kappa shape index (κ3) is 3.31. The van der Waals surface area contributed by atoms with Gasteiger partial charge in [-0.3, -0.25) is 0 Å². The van der Waals surface area contributed by atoms with Crippen molar-refractivity contribution in [3.8, 4) is 0 Å². The van der Waals surface area contributed by atoms with Gasteiger partial charge in [0, 0.05) is 6.54 Å². The summed E-state index contributed by atoms with van der Waals surface area (Å²) >= 11 is 0. The van der Waals surface area contributed by atoms with Gasteiger partial charge in [0.2, 0.25) is 0 Å². The van der Waals surface area contributed by atoms with E-state index in [0.717, 1.165) is 6.07 Å². The molecule has 1 aromatic heterocycles. The van der Waals surface area contributed by atoms with Crippen molar-refractivity contribution in [3.05, 3.63) is 47.3 Å². The van der Waals surface area contributed by atoms with E-state index in [1.54, 1.807) is 19.3 Å². The number of benzene rings is 1. The summed E-state index contributed by atoms with van der Waals surface area (Å²) in [5.41, 5.74) is 0.226. The lowest BCUT2D eigenvalue weighted by Crippen LogP contribution is -2.12. The lowest BCUT2D eigenvalue weighted by atomic mass is 10.1. The Bertz CT molecular complexity index is 548. The highest BCUT2D eigenvalue weighted by atomic mass is 19.4. The first-order chi connectivity index (χ1) is 9.00. The lowest BCUT2D eigenvalue weighted by Gasteiger charge is -2.12. The normalized spacial score (nSPS) is 11.8. The molecule has 1 N–H and O–H groups in total. The molecule has 0 amide bonds. The van der Waals surface area contributed by atoms with Crippen molar-refractivity contribution in [1.82, 2.24) is 20.3 Å². The molecule has 0 spiro atoms. The summed E-state index contributed by atoms with van der Waals surface area (Å²) < 4.78 is 39.9. The number of hydrogen-bond donors (Lipinski definition) is 1. The first-order valence-corrected chi connectivity index (χ1v) is 5.69. The van der Waals surface area contributed by atoms with E-state index in [1.165, 1.54) is 16.8 Å². The maximum atomic E-state index is 12.8. The van der Waals surface area contributed by atoms with Crippen LogP contribution in [0, 0.1) is 0 Å². The molecule has 1 aromatic carbocycles. The van der Waals surface area contributed by atoms with Crippen LogP contribution in [0.15, 0.2) is 30.5 Å². The number of rotatable bonds is 4. The standard InChI is InChI=1S/C12H13F3N4/c1-16-6-10-8-19(18-17-10)7-9-4-2-3-5-11(9)12(13,14)15/h2-5,8,16H,6-7H2,1H3. The minimum atomic E-state index is -4.36. The van der Waals surface area contributed by atoms with E-state index in [9.17, 15) is 13.2 Å². The molecule has 1 heterocycles. The van der Waals surface area contributed by atoms with Crippen LogP contribution in [0.25, 0.3) is 0 Å². The average Bonchev–Trinajstić information content (AvgIpc) is 2.76. The largest absolute Gasteiger partial charge is 0.416 e. The predicted molar refractivity (Wildman–Crippen MR) is 63.3 cm³/mol. The second kappa shape index (κ2) is 5.40. The van der Waals surface area contributed by atoms with Crippen LogP contribution in [-0.4, -0.2) is 22.0 Å². The molecular weight excluding hydrogens is 257 g/mol. The molecule has 0 unspecified atom stereocenters. The van der Waals surface area contributed by atoms with E-state index in [4.69, 9.17) is 0 Å². The fourth-order valence-electron chi connectivity index (χ4n) is 1.79. The van der Waals surface area contributed by atoms with Gasteiger partial charge in [-0.05, 0) is 18.7 Å². The first-order valence-electron chi connectivity index (χ1n) is 5.69. The van der Waals surface area contributed by atoms with Crippen molar-refractivity contribution in [2.45, 2.75) is 19.3 Å². The quantitative estimate of drug-likeness (QED) is 0.924. The average molecular weight is 270 g/mol. The van der Waals surface area contributed by atoms with Crippen LogP contribution >= 0.6 is 0 Å². The zero-order valence-corrected chi connectivity index (χ0v) is 10.3. The van der Waals surface area contributed by atoms with Gasteiger partial charge in [-0.25, -0.2) is 4.68 Å². The molecule has 0 bridgehead atoms.